The van der Waals surface area contributed by atoms with Gasteiger partial charge < -0.3 is 25.8 Å². The summed E-state index contributed by atoms with van der Waals surface area (Å²) in [5.74, 6) is -1.75. The number of pyridine rings is 1. The number of hydrogen-bond acceptors (Lipinski definition) is 6. The number of nitrogens with one attached hydrogen (secondary N) is 3. The first-order chi connectivity index (χ1) is 22.5. The number of amides is 4. The van der Waals surface area contributed by atoms with Gasteiger partial charge in [-0.25, -0.2) is 4.98 Å². The molecule has 2 heterocycles. The summed E-state index contributed by atoms with van der Waals surface area (Å²) in [6.45, 7) is 4.27. The lowest BCUT2D eigenvalue weighted by Crippen LogP contribution is -2.52. The number of hydrogen-bond donors (Lipinski definition) is 3. The lowest BCUT2D eigenvalue weighted by Gasteiger charge is -2.41. The molecular formula is C35H42F2N6O4. The summed E-state index contributed by atoms with van der Waals surface area (Å²) < 4.78 is 26.1. The van der Waals surface area contributed by atoms with Gasteiger partial charge in [0.15, 0.2) is 0 Å². The summed E-state index contributed by atoms with van der Waals surface area (Å²) in [6.07, 6.45) is -0.339. The molecule has 0 radical (unpaired) electrons. The molecule has 4 amide bonds. The number of piperidine rings is 1. The highest BCUT2D eigenvalue weighted by Gasteiger charge is 2.42. The van der Waals surface area contributed by atoms with Gasteiger partial charge in [0.1, 0.15) is 12.4 Å². The molecule has 1 aromatic heterocycles. The zero-order valence-corrected chi connectivity index (χ0v) is 27.0. The van der Waals surface area contributed by atoms with Crippen LogP contribution < -0.4 is 16.0 Å². The molecule has 0 bridgehead atoms. The Kier molecular flexibility index (Phi) is 12.1. The van der Waals surface area contributed by atoms with Crippen LogP contribution in [0, 0.1) is 5.41 Å². The Labute approximate surface area is 273 Å². The number of anilines is 2. The van der Waals surface area contributed by atoms with E-state index in [0.29, 0.717) is 24.5 Å². The third kappa shape index (κ3) is 9.41. The van der Waals surface area contributed by atoms with Crippen molar-refractivity contribution < 1.29 is 28.0 Å². The van der Waals surface area contributed by atoms with Crippen molar-refractivity contribution in [3.05, 3.63) is 89.1 Å². The van der Waals surface area contributed by atoms with Crippen LogP contribution in [-0.4, -0.2) is 71.5 Å². The second kappa shape index (κ2) is 16.2. The van der Waals surface area contributed by atoms with Crippen LogP contribution in [0.15, 0.2) is 66.9 Å². The summed E-state index contributed by atoms with van der Waals surface area (Å²) in [5, 5.41) is 8.80. The molecule has 1 aliphatic rings. The van der Waals surface area contributed by atoms with E-state index in [-0.39, 0.29) is 57.3 Å². The predicted octanol–water partition coefficient (Wildman–Crippen LogP) is 4.41. The van der Waals surface area contributed by atoms with Crippen LogP contribution >= 0.6 is 0 Å². The van der Waals surface area contributed by atoms with E-state index in [0.717, 1.165) is 27.2 Å². The number of likely N-dealkylation sites (tertiary alicyclic amines) is 1. The predicted molar refractivity (Wildman–Crippen MR) is 176 cm³/mol. The van der Waals surface area contributed by atoms with Crippen LogP contribution in [0.4, 0.5) is 20.3 Å². The molecule has 250 valence electrons. The average Bonchev–Trinajstić information content (AvgIpc) is 3.05. The normalized spacial score (nSPS) is 14.0. The summed E-state index contributed by atoms with van der Waals surface area (Å²) >= 11 is 0. The topological polar surface area (TPSA) is 124 Å². The van der Waals surface area contributed by atoms with E-state index in [1.165, 1.54) is 4.90 Å². The smallest absolute Gasteiger partial charge is 0.315 e. The number of rotatable bonds is 13. The number of carbonyl (C=O) groups excluding carboxylic acids is 4. The molecule has 1 aliphatic heterocycles. The highest BCUT2D eigenvalue weighted by atomic mass is 19.3. The maximum absolute atomic E-state index is 14.1. The molecule has 10 nitrogen and oxygen atoms in total. The van der Waals surface area contributed by atoms with Crippen molar-refractivity contribution in [2.24, 2.45) is 5.41 Å². The summed E-state index contributed by atoms with van der Waals surface area (Å²) in [7, 11) is 1.82. The second-order valence-corrected chi connectivity index (χ2v) is 12.0. The molecule has 0 atom stereocenters. The molecule has 4 rings (SSSR count). The van der Waals surface area contributed by atoms with Crippen molar-refractivity contribution in [2.75, 3.05) is 37.3 Å². The first-order valence-corrected chi connectivity index (χ1v) is 15.7. The SMILES string of the molecule is CCc1ccc(NC(=O)CN(Cc2ccccc2CNC)C(=O)C2(C)CCN(C(=O)C(F)F)CC2)cc1CC(=O)Nc1ccccn1. The van der Waals surface area contributed by atoms with Crippen molar-refractivity contribution in [2.45, 2.75) is 59.0 Å². The average molecular weight is 649 g/mol. The molecular weight excluding hydrogens is 606 g/mol. The number of halogens is 2. The molecule has 2 aromatic carbocycles. The maximum Gasteiger partial charge on any atom is 0.315 e. The third-order valence-electron chi connectivity index (χ3n) is 8.50. The van der Waals surface area contributed by atoms with Crippen LogP contribution in [-0.2, 0) is 45.1 Å². The Morgan fingerprint density at radius 3 is 2.26 bits per heavy atom. The van der Waals surface area contributed by atoms with E-state index < -0.39 is 23.7 Å². The number of benzene rings is 2. The fourth-order valence-corrected chi connectivity index (χ4v) is 5.82. The number of alkyl halides is 2. The van der Waals surface area contributed by atoms with Gasteiger partial charge in [-0.05, 0) is 72.8 Å². The Morgan fingerprint density at radius 1 is 0.915 bits per heavy atom. The van der Waals surface area contributed by atoms with Gasteiger partial charge in [0.25, 0.3) is 5.91 Å². The van der Waals surface area contributed by atoms with E-state index in [1.807, 2.05) is 44.3 Å². The number of aryl methyl sites for hydroxylation is 1. The lowest BCUT2D eigenvalue weighted by molar-refractivity contribution is -0.152. The number of nitrogens with zero attached hydrogens (tertiary/aromatic N) is 3. The van der Waals surface area contributed by atoms with Gasteiger partial charge in [-0.15, -0.1) is 0 Å². The van der Waals surface area contributed by atoms with Crippen LogP contribution in [0.1, 0.15) is 48.9 Å². The summed E-state index contributed by atoms with van der Waals surface area (Å²) in [6, 6.07) is 18.3. The molecule has 0 unspecified atom stereocenters. The minimum absolute atomic E-state index is 0.0300. The van der Waals surface area contributed by atoms with Crippen molar-refractivity contribution in [1.29, 1.82) is 0 Å². The molecule has 12 heteroatoms. The van der Waals surface area contributed by atoms with E-state index in [9.17, 15) is 28.0 Å². The van der Waals surface area contributed by atoms with Gasteiger partial charge in [-0.1, -0.05) is 50.2 Å². The molecule has 3 N–H and O–H groups in total. The van der Waals surface area contributed by atoms with E-state index in [4.69, 9.17) is 0 Å². The zero-order valence-electron chi connectivity index (χ0n) is 27.0. The van der Waals surface area contributed by atoms with Crippen molar-refractivity contribution >= 4 is 35.1 Å². The van der Waals surface area contributed by atoms with Gasteiger partial charge in [0.05, 0.1) is 6.42 Å². The first kappa shape index (κ1) is 35.1. The monoisotopic (exact) mass is 648 g/mol. The van der Waals surface area contributed by atoms with E-state index in [2.05, 4.69) is 20.9 Å². The molecule has 0 saturated carbocycles. The highest BCUT2D eigenvalue weighted by Crippen LogP contribution is 2.34. The van der Waals surface area contributed by atoms with Gasteiger partial charge in [-0.3, -0.25) is 19.2 Å². The Bertz CT molecular complexity index is 1560. The largest absolute Gasteiger partial charge is 0.338 e. The molecule has 3 aromatic rings. The van der Waals surface area contributed by atoms with Crippen LogP contribution in [0.3, 0.4) is 0 Å². The summed E-state index contributed by atoms with van der Waals surface area (Å²) in [5.41, 5.74) is 3.09. The maximum atomic E-state index is 14.1. The van der Waals surface area contributed by atoms with Crippen molar-refractivity contribution in [1.82, 2.24) is 20.1 Å². The zero-order chi connectivity index (χ0) is 34.0. The minimum Gasteiger partial charge on any atom is -0.338 e. The molecule has 0 spiro atoms. The second-order valence-electron chi connectivity index (χ2n) is 12.0. The van der Waals surface area contributed by atoms with Gasteiger partial charge >= 0.3 is 6.43 Å². The van der Waals surface area contributed by atoms with Crippen LogP contribution in [0.25, 0.3) is 0 Å². The van der Waals surface area contributed by atoms with Crippen LogP contribution in [0.5, 0.6) is 0 Å². The molecule has 0 aliphatic carbocycles. The van der Waals surface area contributed by atoms with Gasteiger partial charge in [0.2, 0.25) is 17.7 Å². The molecule has 47 heavy (non-hydrogen) atoms. The molecule has 1 fully saturated rings. The standard InChI is InChI=1S/C35H42F2N6O4/c1-4-24-12-13-28(19-27(24)20-30(44)41-29-11-7-8-16-39-29)40-31(45)23-43(22-26-10-6-5-9-25(26)21-38-3)34(47)35(2)14-17-42(18-15-35)33(46)32(36)37/h5-13,16,19,32,38H,4,14-15,17-18,20-23H2,1-3H3,(H,40,45)(H,39,41,44). The highest BCUT2D eigenvalue weighted by molar-refractivity contribution is 5.96. The number of carbonyl (C=O) groups is 4. The minimum atomic E-state index is -3.10. The fourth-order valence-electron chi connectivity index (χ4n) is 5.82. The van der Waals surface area contributed by atoms with E-state index in [1.54, 1.807) is 43.5 Å². The fraction of sp³-hybridized carbons (Fsp3) is 0.400. The Hall–Kier alpha value is -4.71. The van der Waals surface area contributed by atoms with Crippen molar-refractivity contribution in [3.8, 4) is 0 Å². The van der Waals surface area contributed by atoms with Gasteiger partial charge in [-0.2, -0.15) is 8.78 Å². The first-order valence-electron chi connectivity index (χ1n) is 15.7. The van der Waals surface area contributed by atoms with E-state index >= 15 is 0 Å². The third-order valence-corrected chi connectivity index (χ3v) is 8.50. The van der Waals surface area contributed by atoms with Crippen molar-refractivity contribution in [3.63, 3.8) is 0 Å². The number of aromatic nitrogens is 1. The van der Waals surface area contributed by atoms with Gasteiger partial charge in [0, 0.05) is 43.5 Å². The quantitative estimate of drug-likeness (QED) is 0.253. The Balaban J connectivity index is 1.51. The Morgan fingerprint density at radius 2 is 1.62 bits per heavy atom. The molecule has 1 saturated heterocycles. The van der Waals surface area contributed by atoms with Crippen LogP contribution in [0.2, 0.25) is 0 Å². The lowest BCUT2D eigenvalue weighted by atomic mass is 9.78. The summed E-state index contributed by atoms with van der Waals surface area (Å²) in [4.78, 5) is 59.0.